The van der Waals surface area contributed by atoms with Crippen LogP contribution in [0, 0.1) is 6.92 Å². The van der Waals surface area contributed by atoms with Crippen LogP contribution in [0.3, 0.4) is 0 Å². The third kappa shape index (κ3) is 3.83. The van der Waals surface area contributed by atoms with E-state index < -0.39 is 30.8 Å². The fraction of sp³-hybridized carbons (Fsp3) is 0.263. The molecule has 0 saturated heterocycles. The van der Waals surface area contributed by atoms with Crippen molar-refractivity contribution in [1.29, 1.82) is 0 Å². The lowest BCUT2D eigenvalue weighted by molar-refractivity contribution is -0.302. The quantitative estimate of drug-likeness (QED) is 0.828. The van der Waals surface area contributed by atoms with E-state index in [0.717, 1.165) is 0 Å². The Morgan fingerprint density at radius 3 is 2.50 bits per heavy atom. The topological polar surface area (TPSA) is 62.1 Å². The molecule has 28 heavy (non-hydrogen) atoms. The second-order valence-electron chi connectivity index (χ2n) is 6.30. The molecule has 1 aliphatic rings. The molecule has 9 heteroatoms. The Labute approximate surface area is 164 Å². The monoisotopic (exact) mass is 412 g/mol. The van der Waals surface area contributed by atoms with Crippen LogP contribution in [0.25, 0.3) is 0 Å². The van der Waals surface area contributed by atoms with Crippen molar-refractivity contribution in [1.82, 2.24) is 5.01 Å². The minimum Gasteiger partial charge on any atom is -0.483 e. The highest BCUT2D eigenvalue weighted by atomic mass is 35.5. The van der Waals surface area contributed by atoms with Crippen molar-refractivity contribution >= 4 is 23.2 Å². The molecule has 3 rings (SSSR count). The molecule has 0 fully saturated rings. The number of amides is 1. The van der Waals surface area contributed by atoms with Gasteiger partial charge in [-0.05, 0) is 36.2 Å². The van der Waals surface area contributed by atoms with Crippen molar-refractivity contribution in [3.63, 3.8) is 0 Å². The number of aliphatic hydroxyl groups is 1. The number of nitrogens with zero attached hydrogens (tertiary/aromatic N) is 2. The lowest BCUT2D eigenvalue weighted by Gasteiger charge is -2.32. The minimum atomic E-state index is -5.11. The molecule has 0 bridgehead atoms. The highest BCUT2D eigenvalue weighted by molar-refractivity contribution is 6.30. The molecule has 0 radical (unpaired) electrons. The lowest BCUT2D eigenvalue weighted by atomic mass is 10.0. The van der Waals surface area contributed by atoms with Crippen molar-refractivity contribution in [2.24, 2.45) is 5.10 Å². The first-order valence-corrected chi connectivity index (χ1v) is 8.63. The van der Waals surface area contributed by atoms with Gasteiger partial charge in [0.1, 0.15) is 5.75 Å². The summed E-state index contributed by atoms with van der Waals surface area (Å²) in [6, 6.07) is 12.7. The van der Waals surface area contributed by atoms with E-state index in [1.54, 1.807) is 31.2 Å². The second-order valence-corrected chi connectivity index (χ2v) is 6.74. The summed E-state index contributed by atoms with van der Waals surface area (Å²) in [5, 5.41) is 14.5. The van der Waals surface area contributed by atoms with E-state index >= 15 is 0 Å². The molecule has 1 atom stereocenters. The Balaban J connectivity index is 1.86. The van der Waals surface area contributed by atoms with E-state index in [1.165, 1.54) is 24.3 Å². The predicted molar refractivity (Wildman–Crippen MR) is 97.1 cm³/mol. The standard InChI is InChI=1S/C19H16ClF3N2O3/c1-12-4-2-3-5-16(12)28-11-17(26)25-18(27,19(21,22)23)10-15(24-25)13-6-8-14(20)9-7-13/h2-9,27H,10-11H2,1H3. The van der Waals surface area contributed by atoms with Crippen LogP contribution in [-0.4, -0.2) is 40.2 Å². The normalized spacial score (nSPS) is 19.5. The summed E-state index contributed by atoms with van der Waals surface area (Å²) in [5.74, 6) is -0.764. The number of carbonyl (C=O) groups excluding carboxylic acids is 1. The number of para-hydroxylation sites is 1. The van der Waals surface area contributed by atoms with Gasteiger partial charge in [-0.25, -0.2) is 0 Å². The highest BCUT2D eigenvalue weighted by Gasteiger charge is 2.63. The molecule has 0 aromatic heterocycles. The van der Waals surface area contributed by atoms with Gasteiger partial charge in [-0.1, -0.05) is 41.9 Å². The first-order chi connectivity index (χ1) is 13.1. The molecule has 148 valence electrons. The number of alkyl halides is 3. The smallest absolute Gasteiger partial charge is 0.438 e. The molecule has 1 amide bonds. The predicted octanol–water partition coefficient (Wildman–Crippen LogP) is 3.91. The number of halogens is 4. The molecule has 1 unspecified atom stereocenters. The molecular formula is C19H16ClF3N2O3. The van der Waals surface area contributed by atoms with Crippen molar-refractivity contribution in [3.8, 4) is 5.75 Å². The highest BCUT2D eigenvalue weighted by Crippen LogP contribution is 2.41. The van der Waals surface area contributed by atoms with Gasteiger partial charge < -0.3 is 9.84 Å². The number of hydrogen-bond acceptors (Lipinski definition) is 4. The zero-order valence-electron chi connectivity index (χ0n) is 14.7. The van der Waals surface area contributed by atoms with Crippen LogP contribution in [-0.2, 0) is 4.79 Å². The average Bonchev–Trinajstić information content (AvgIpc) is 3.00. The summed E-state index contributed by atoms with van der Waals surface area (Å²) in [5.41, 5.74) is -2.50. The van der Waals surface area contributed by atoms with E-state index in [9.17, 15) is 23.1 Å². The van der Waals surface area contributed by atoms with Crippen LogP contribution in [0.2, 0.25) is 5.02 Å². The summed E-state index contributed by atoms with van der Waals surface area (Å²) in [7, 11) is 0. The van der Waals surface area contributed by atoms with Crippen molar-refractivity contribution in [2.75, 3.05) is 6.61 Å². The van der Waals surface area contributed by atoms with Gasteiger partial charge in [0.2, 0.25) is 0 Å². The van der Waals surface area contributed by atoms with Gasteiger partial charge in [-0.15, -0.1) is 0 Å². The maximum absolute atomic E-state index is 13.6. The van der Waals surface area contributed by atoms with Gasteiger partial charge in [-0.3, -0.25) is 4.79 Å². The lowest BCUT2D eigenvalue weighted by Crippen LogP contribution is -2.57. The zero-order valence-corrected chi connectivity index (χ0v) is 15.5. The Morgan fingerprint density at radius 2 is 1.89 bits per heavy atom. The Bertz CT molecular complexity index is 915. The molecule has 1 aliphatic heterocycles. The van der Waals surface area contributed by atoms with Crippen LogP contribution < -0.4 is 4.74 Å². The summed E-state index contributed by atoms with van der Waals surface area (Å²) < 4.78 is 46.0. The van der Waals surface area contributed by atoms with Crippen LogP contribution >= 0.6 is 11.6 Å². The molecule has 0 saturated carbocycles. The van der Waals surface area contributed by atoms with Gasteiger partial charge in [0.15, 0.2) is 6.61 Å². The number of aryl methyl sites for hydroxylation is 1. The van der Waals surface area contributed by atoms with Gasteiger partial charge in [0, 0.05) is 5.02 Å². The van der Waals surface area contributed by atoms with E-state index in [2.05, 4.69) is 5.10 Å². The summed E-state index contributed by atoms with van der Waals surface area (Å²) >= 11 is 5.79. The zero-order chi connectivity index (χ0) is 20.5. The largest absolute Gasteiger partial charge is 0.483 e. The van der Waals surface area contributed by atoms with Crippen molar-refractivity contribution in [3.05, 3.63) is 64.7 Å². The van der Waals surface area contributed by atoms with Gasteiger partial charge in [0.05, 0.1) is 12.1 Å². The number of hydrazone groups is 1. The van der Waals surface area contributed by atoms with Crippen molar-refractivity contribution < 1.29 is 27.8 Å². The van der Waals surface area contributed by atoms with E-state index in [4.69, 9.17) is 16.3 Å². The van der Waals surface area contributed by atoms with Gasteiger partial charge in [-0.2, -0.15) is 23.3 Å². The van der Waals surface area contributed by atoms with Gasteiger partial charge in [0.25, 0.3) is 11.6 Å². The SMILES string of the molecule is Cc1ccccc1OCC(=O)N1N=C(c2ccc(Cl)cc2)CC1(O)C(F)(F)F. The second kappa shape index (κ2) is 7.44. The summed E-state index contributed by atoms with van der Waals surface area (Å²) in [6.45, 7) is 1.03. The number of carbonyl (C=O) groups is 1. The maximum atomic E-state index is 13.6. The van der Waals surface area contributed by atoms with Crippen LogP contribution in [0.15, 0.2) is 53.6 Å². The Kier molecular flexibility index (Phi) is 5.36. The summed E-state index contributed by atoms with van der Waals surface area (Å²) in [6.07, 6.45) is -6.00. The molecule has 1 heterocycles. The molecule has 2 aromatic rings. The third-order valence-corrected chi connectivity index (χ3v) is 4.55. The van der Waals surface area contributed by atoms with E-state index in [-0.39, 0.29) is 10.7 Å². The number of benzene rings is 2. The average molecular weight is 413 g/mol. The van der Waals surface area contributed by atoms with Crippen LogP contribution in [0.4, 0.5) is 13.2 Å². The number of rotatable bonds is 4. The maximum Gasteiger partial charge on any atom is 0.438 e. The Hall–Kier alpha value is -2.58. The molecule has 0 aliphatic carbocycles. The van der Waals surface area contributed by atoms with Gasteiger partial charge >= 0.3 is 6.18 Å². The number of hydrogen-bond donors (Lipinski definition) is 1. The first kappa shape index (κ1) is 20.2. The van der Waals surface area contributed by atoms with E-state index in [0.29, 0.717) is 21.9 Å². The Morgan fingerprint density at radius 1 is 1.25 bits per heavy atom. The molecule has 2 aromatic carbocycles. The molecule has 1 N–H and O–H groups in total. The minimum absolute atomic E-state index is 0.0508. The van der Waals surface area contributed by atoms with E-state index in [1.807, 2.05) is 0 Å². The summed E-state index contributed by atoms with van der Waals surface area (Å²) in [4.78, 5) is 12.4. The van der Waals surface area contributed by atoms with Crippen LogP contribution in [0.5, 0.6) is 5.75 Å². The first-order valence-electron chi connectivity index (χ1n) is 8.26. The molecule has 5 nitrogen and oxygen atoms in total. The fourth-order valence-electron chi connectivity index (χ4n) is 2.75. The number of ether oxygens (including phenoxy) is 1. The molecule has 0 spiro atoms. The van der Waals surface area contributed by atoms with Crippen molar-refractivity contribution in [2.45, 2.75) is 25.2 Å². The third-order valence-electron chi connectivity index (χ3n) is 4.30. The van der Waals surface area contributed by atoms with Crippen LogP contribution in [0.1, 0.15) is 17.5 Å². The fourth-order valence-corrected chi connectivity index (χ4v) is 2.88. The molecular weight excluding hydrogens is 397 g/mol.